The van der Waals surface area contributed by atoms with Gasteiger partial charge in [0.1, 0.15) is 17.1 Å². The molecule has 1 N–H and O–H groups in total. The first-order valence-electron chi connectivity index (χ1n) is 8.83. The fourth-order valence-electron chi connectivity index (χ4n) is 2.97. The highest BCUT2D eigenvalue weighted by Gasteiger charge is 2.34. The third kappa shape index (κ3) is 3.39. The Kier molecular flexibility index (Phi) is 4.55. The van der Waals surface area contributed by atoms with E-state index < -0.39 is 22.5 Å². The zero-order chi connectivity index (χ0) is 21.4. The summed E-state index contributed by atoms with van der Waals surface area (Å²) in [4.78, 5) is 35.3. The maximum absolute atomic E-state index is 12.7. The lowest BCUT2D eigenvalue weighted by molar-refractivity contribution is -0.385. The van der Waals surface area contributed by atoms with E-state index in [-0.39, 0.29) is 28.3 Å². The van der Waals surface area contributed by atoms with E-state index in [2.05, 4.69) is 5.43 Å². The summed E-state index contributed by atoms with van der Waals surface area (Å²) in [6.07, 6.45) is 1.26. The minimum absolute atomic E-state index is 0.0114. The van der Waals surface area contributed by atoms with Gasteiger partial charge < -0.3 is 9.52 Å². The lowest BCUT2D eigenvalue weighted by atomic mass is 10.1. The van der Waals surface area contributed by atoms with Crippen LogP contribution < -0.4 is 15.5 Å². The number of hydrogen-bond acceptors (Lipinski definition) is 6. The maximum Gasteiger partial charge on any atom is 0.282 e. The van der Waals surface area contributed by atoms with Crippen LogP contribution in [0.5, 0.6) is 5.75 Å². The van der Waals surface area contributed by atoms with E-state index in [4.69, 9.17) is 4.42 Å². The highest BCUT2D eigenvalue weighted by Crippen LogP contribution is 2.33. The molecule has 9 nitrogen and oxygen atoms in total. The number of benzene rings is 2. The van der Waals surface area contributed by atoms with Gasteiger partial charge in [0.05, 0.1) is 10.6 Å². The Morgan fingerprint density at radius 3 is 2.50 bits per heavy atom. The van der Waals surface area contributed by atoms with E-state index in [1.54, 1.807) is 12.1 Å². The summed E-state index contributed by atoms with van der Waals surface area (Å²) in [5, 5.41) is 24.1. The average molecular weight is 404 g/mol. The lowest BCUT2D eigenvalue weighted by Crippen LogP contribution is -2.35. The van der Waals surface area contributed by atoms with E-state index in [0.29, 0.717) is 5.69 Å². The van der Waals surface area contributed by atoms with Crippen molar-refractivity contribution < 1.29 is 24.0 Å². The quantitative estimate of drug-likeness (QED) is 0.308. The third-order valence-electron chi connectivity index (χ3n) is 4.54. The van der Waals surface area contributed by atoms with Crippen LogP contribution in [0.4, 0.5) is 11.4 Å². The number of nitrogens with zero attached hydrogens (tertiary/aromatic N) is 2. The Hall–Kier alpha value is -4.40. The Labute approximate surface area is 170 Å². The summed E-state index contributed by atoms with van der Waals surface area (Å²) >= 11 is 0. The van der Waals surface area contributed by atoms with Crippen LogP contribution in [-0.4, -0.2) is 16.7 Å². The first-order valence-corrected chi connectivity index (χ1v) is 8.83. The molecule has 150 valence electrons. The highest BCUT2D eigenvalue weighted by molar-refractivity contribution is 6.31. The molecule has 2 aromatic carbocycles. The van der Waals surface area contributed by atoms with Crippen LogP contribution in [0.3, 0.4) is 0 Å². The standard InChI is InChI=1S/C21H15N3O6/c1-12-2-4-13(5-3-12)23-21(27)17(20(26)22-23)11-15-7-9-19(30-15)16-10-14(24(28)29)6-8-18(16)25/h2-11,25H,1H3,(H,22,26)/p-1/b17-11-. The number of anilines is 1. The van der Waals surface area contributed by atoms with E-state index >= 15 is 0 Å². The van der Waals surface area contributed by atoms with Crippen molar-refractivity contribution in [1.29, 1.82) is 0 Å². The van der Waals surface area contributed by atoms with Gasteiger partial charge in [-0.15, -0.1) is 0 Å². The Morgan fingerprint density at radius 2 is 1.80 bits per heavy atom. The molecule has 2 heterocycles. The van der Waals surface area contributed by atoms with E-state index in [1.807, 2.05) is 19.1 Å². The van der Waals surface area contributed by atoms with Gasteiger partial charge in [-0.2, -0.15) is 0 Å². The molecule has 0 bridgehead atoms. The monoisotopic (exact) mass is 404 g/mol. The van der Waals surface area contributed by atoms with Crippen molar-refractivity contribution in [2.75, 3.05) is 5.01 Å². The number of aryl methyl sites for hydroxylation is 1. The summed E-state index contributed by atoms with van der Waals surface area (Å²) in [6, 6.07) is 13.3. The summed E-state index contributed by atoms with van der Waals surface area (Å²) in [5.74, 6) is -1.36. The zero-order valence-corrected chi connectivity index (χ0v) is 15.6. The van der Waals surface area contributed by atoms with Crippen molar-refractivity contribution in [1.82, 2.24) is 5.43 Å². The molecule has 9 heteroatoms. The average Bonchev–Trinajstić information content (AvgIpc) is 3.29. The third-order valence-corrected chi connectivity index (χ3v) is 4.54. The van der Waals surface area contributed by atoms with Crippen LogP contribution in [-0.2, 0) is 9.59 Å². The van der Waals surface area contributed by atoms with Crippen LogP contribution in [0, 0.1) is 17.0 Å². The minimum atomic E-state index is -0.615. The fraction of sp³-hybridized carbons (Fsp3) is 0.0476. The number of amides is 2. The minimum Gasteiger partial charge on any atom is -0.872 e. The largest absolute Gasteiger partial charge is 0.872 e. The number of carbonyl (C=O) groups is 2. The van der Waals surface area contributed by atoms with Crippen LogP contribution in [0.25, 0.3) is 17.4 Å². The molecule has 30 heavy (non-hydrogen) atoms. The van der Waals surface area contributed by atoms with Gasteiger partial charge in [0, 0.05) is 17.7 Å². The van der Waals surface area contributed by atoms with Gasteiger partial charge in [-0.25, -0.2) is 5.01 Å². The second-order valence-corrected chi connectivity index (χ2v) is 6.61. The topological polar surface area (TPSA) is 129 Å². The van der Waals surface area contributed by atoms with E-state index in [0.717, 1.165) is 28.8 Å². The summed E-state index contributed by atoms with van der Waals surface area (Å²) in [7, 11) is 0. The molecule has 0 aliphatic carbocycles. The highest BCUT2D eigenvalue weighted by atomic mass is 16.6. The van der Waals surface area contributed by atoms with E-state index in [1.165, 1.54) is 18.2 Å². The maximum atomic E-state index is 12.7. The molecular weight excluding hydrogens is 390 g/mol. The Bertz CT molecular complexity index is 1210. The summed E-state index contributed by atoms with van der Waals surface area (Å²) in [6.45, 7) is 1.91. The van der Waals surface area contributed by atoms with Crippen molar-refractivity contribution in [3.63, 3.8) is 0 Å². The molecule has 0 atom stereocenters. The van der Waals surface area contributed by atoms with Crippen LogP contribution in [0.1, 0.15) is 11.3 Å². The number of nitrogens with one attached hydrogen (secondary N) is 1. The number of nitro benzene ring substituents is 1. The molecular formula is C21H14N3O6-. The number of rotatable bonds is 4. The predicted octanol–water partition coefficient (Wildman–Crippen LogP) is 2.70. The SMILES string of the molecule is Cc1ccc(N2NC(=O)/C(=C/c3ccc(-c4cc([N+](=O)[O-])ccc4[O-])o3)C2=O)cc1. The molecule has 0 saturated carbocycles. The second-order valence-electron chi connectivity index (χ2n) is 6.61. The molecule has 1 aliphatic heterocycles. The smallest absolute Gasteiger partial charge is 0.282 e. The van der Waals surface area contributed by atoms with Crippen molar-refractivity contribution in [2.24, 2.45) is 0 Å². The molecule has 3 aromatic rings. The number of nitro groups is 1. The van der Waals surface area contributed by atoms with Gasteiger partial charge in [0.25, 0.3) is 17.5 Å². The first-order chi connectivity index (χ1) is 14.3. The summed E-state index contributed by atoms with van der Waals surface area (Å²) in [5.41, 5.74) is 3.63. The number of carbonyl (C=O) groups excluding carboxylic acids is 2. The van der Waals surface area contributed by atoms with Crippen molar-refractivity contribution in [2.45, 2.75) is 6.92 Å². The van der Waals surface area contributed by atoms with Gasteiger partial charge in [0.15, 0.2) is 0 Å². The summed E-state index contributed by atoms with van der Waals surface area (Å²) < 4.78 is 5.55. The number of furan rings is 1. The molecule has 1 fully saturated rings. The molecule has 0 radical (unpaired) electrons. The zero-order valence-electron chi connectivity index (χ0n) is 15.6. The van der Waals surface area contributed by atoms with E-state index in [9.17, 15) is 24.8 Å². The predicted molar refractivity (Wildman–Crippen MR) is 105 cm³/mol. The number of hydrogen-bond donors (Lipinski definition) is 1. The van der Waals surface area contributed by atoms with Crippen molar-refractivity contribution in [3.05, 3.63) is 81.6 Å². The van der Waals surface area contributed by atoms with Gasteiger partial charge in [-0.1, -0.05) is 29.5 Å². The first kappa shape index (κ1) is 18.9. The van der Waals surface area contributed by atoms with Gasteiger partial charge >= 0.3 is 0 Å². The van der Waals surface area contributed by atoms with Crippen LogP contribution >= 0.6 is 0 Å². The van der Waals surface area contributed by atoms with Crippen molar-refractivity contribution in [3.8, 4) is 17.1 Å². The van der Waals surface area contributed by atoms with Gasteiger partial charge in [-0.3, -0.25) is 25.1 Å². The number of non-ortho nitro benzene ring substituents is 1. The molecule has 0 spiro atoms. The lowest BCUT2D eigenvalue weighted by Gasteiger charge is -2.14. The molecule has 2 amide bonds. The molecule has 4 rings (SSSR count). The van der Waals surface area contributed by atoms with Gasteiger partial charge in [0.2, 0.25) is 0 Å². The Morgan fingerprint density at radius 1 is 1.07 bits per heavy atom. The molecule has 1 aromatic heterocycles. The Balaban J connectivity index is 1.64. The molecule has 1 saturated heterocycles. The van der Waals surface area contributed by atoms with Crippen molar-refractivity contribution >= 4 is 29.3 Å². The normalized spacial score (nSPS) is 15.0. The number of hydrazine groups is 1. The molecule has 0 unspecified atom stereocenters. The van der Waals surface area contributed by atoms with Crippen LogP contribution in [0.2, 0.25) is 0 Å². The molecule has 1 aliphatic rings. The fourth-order valence-corrected chi connectivity index (χ4v) is 2.97. The second kappa shape index (κ2) is 7.21. The van der Waals surface area contributed by atoms with Crippen LogP contribution in [0.15, 0.2) is 64.6 Å². The van der Waals surface area contributed by atoms with Gasteiger partial charge in [-0.05, 0) is 37.3 Å².